The van der Waals surface area contributed by atoms with Gasteiger partial charge in [-0.05, 0) is 12.3 Å². The van der Waals surface area contributed by atoms with E-state index in [-0.39, 0.29) is 0 Å². The first-order valence-corrected chi connectivity index (χ1v) is 3.25. The molecule has 46 valence electrons. The van der Waals surface area contributed by atoms with E-state index >= 15 is 0 Å². The summed E-state index contributed by atoms with van der Waals surface area (Å²) in [6.45, 7) is 4.46. The van der Waals surface area contributed by atoms with Crippen molar-refractivity contribution in [2.45, 2.75) is 6.42 Å². The highest BCUT2D eigenvalue weighted by Gasteiger charge is 2.26. The standard InChI is InChI=1S/C6H11NO/c1-2-7-3-6(1)4-8-5-7/h6H,1-5H2. The average molecular weight is 113 g/mol. The van der Waals surface area contributed by atoms with Gasteiger partial charge >= 0.3 is 0 Å². The van der Waals surface area contributed by atoms with Crippen molar-refractivity contribution < 1.29 is 4.74 Å². The molecule has 8 heavy (non-hydrogen) atoms. The Hall–Kier alpha value is -0.0800. The molecule has 0 aliphatic carbocycles. The van der Waals surface area contributed by atoms with Gasteiger partial charge in [0.05, 0.1) is 13.3 Å². The van der Waals surface area contributed by atoms with E-state index in [2.05, 4.69) is 4.90 Å². The van der Waals surface area contributed by atoms with Gasteiger partial charge < -0.3 is 4.74 Å². The minimum absolute atomic E-state index is 0.865. The van der Waals surface area contributed by atoms with E-state index in [4.69, 9.17) is 4.74 Å². The summed E-state index contributed by atoms with van der Waals surface area (Å²) >= 11 is 0. The Labute approximate surface area is 49.4 Å². The zero-order valence-electron chi connectivity index (χ0n) is 4.97. The zero-order chi connectivity index (χ0) is 5.40. The fraction of sp³-hybridized carbons (Fsp3) is 1.00. The first-order chi connectivity index (χ1) is 3.95. The fourth-order valence-corrected chi connectivity index (χ4v) is 1.51. The van der Waals surface area contributed by atoms with Gasteiger partial charge in [0.25, 0.3) is 0 Å². The van der Waals surface area contributed by atoms with Gasteiger partial charge in [-0.15, -0.1) is 0 Å². The molecule has 2 saturated heterocycles. The van der Waals surface area contributed by atoms with E-state index in [0.717, 1.165) is 19.3 Å². The summed E-state index contributed by atoms with van der Waals surface area (Å²) in [4.78, 5) is 2.37. The molecule has 2 fully saturated rings. The first-order valence-electron chi connectivity index (χ1n) is 3.25. The molecule has 2 aliphatic heterocycles. The quantitative estimate of drug-likeness (QED) is 0.448. The highest BCUT2D eigenvalue weighted by molar-refractivity contribution is 4.76. The molecular formula is C6H11NO. The maximum absolute atomic E-state index is 5.28. The molecule has 2 bridgehead atoms. The molecule has 0 radical (unpaired) electrons. The Morgan fingerprint density at radius 1 is 1.50 bits per heavy atom. The summed E-state index contributed by atoms with van der Waals surface area (Å²) in [5, 5.41) is 0. The number of fused-ring (bicyclic) bond motifs is 2. The van der Waals surface area contributed by atoms with Crippen LogP contribution in [0.5, 0.6) is 0 Å². The Morgan fingerprint density at radius 3 is 3.25 bits per heavy atom. The van der Waals surface area contributed by atoms with Gasteiger partial charge in [0.2, 0.25) is 0 Å². The van der Waals surface area contributed by atoms with Crippen LogP contribution in [0.15, 0.2) is 0 Å². The van der Waals surface area contributed by atoms with Gasteiger partial charge in [-0.25, -0.2) is 0 Å². The molecule has 2 rings (SSSR count). The highest BCUT2D eigenvalue weighted by atomic mass is 16.5. The van der Waals surface area contributed by atoms with E-state index in [1.165, 1.54) is 19.5 Å². The van der Waals surface area contributed by atoms with Crippen LogP contribution in [0.1, 0.15) is 6.42 Å². The van der Waals surface area contributed by atoms with E-state index in [0.29, 0.717) is 0 Å². The number of rotatable bonds is 0. The van der Waals surface area contributed by atoms with Crippen molar-refractivity contribution >= 4 is 0 Å². The third-order valence-corrected chi connectivity index (χ3v) is 2.00. The third kappa shape index (κ3) is 0.644. The summed E-state index contributed by atoms with van der Waals surface area (Å²) in [6.07, 6.45) is 1.36. The summed E-state index contributed by atoms with van der Waals surface area (Å²) in [7, 11) is 0. The van der Waals surface area contributed by atoms with Crippen LogP contribution in [0.2, 0.25) is 0 Å². The normalized spacial score (nSPS) is 45.0. The second-order valence-corrected chi connectivity index (χ2v) is 2.73. The van der Waals surface area contributed by atoms with E-state index in [1.54, 1.807) is 0 Å². The topological polar surface area (TPSA) is 12.5 Å². The SMILES string of the molecule is C1CN2COCC1C2. The van der Waals surface area contributed by atoms with Crippen molar-refractivity contribution in [1.82, 2.24) is 4.90 Å². The van der Waals surface area contributed by atoms with Crippen LogP contribution in [0.3, 0.4) is 0 Å². The van der Waals surface area contributed by atoms with Gasteiger partial charge in [0.1, 0.15) is 0 Å². The third-order valence-electron chi connectivity index (χ3n) is 2.00. The summed E-state index contributed by atoms with van der Waals surface area (Å²) in [5.74, 6) is 0.865. The molecule has 0 N–H and O–H groups in total. The maximum Gasteiger partial charge on any atom is 0.0990 e. The Balaban J connectivity index is 2.03. The average Bonchev–Trinajstić information content (AvgIpc) is 2.12. The number of nitrogens with zero attached hydrogens (tertiary/aromatic N) is 1. The second kappa shape index (κ2) is 1.71. The van der Waals surface area contributed by atoms with Gasteiger partial charge in [-0.1, -0.05) is 0 Å². The minimum atomic E-state index is 0.865. The molecule has 2 nitrogen and oxygen atoms in total. The van der Waals surface area contributed by atoms with E-state index in [1.807, 2.05) is 0 Å². The lowest BCUT2D eigenvalue weighted by Crippen LogP contribution is -2.30. The highest BCUT2D eigenvalue weighted by Crippen LogP contribution is 2.19. The van der Waals surface area contributed by atoms with Gasteiger partial charge in [-0.3, -0.25) is 4.90 Å². The number of ether oxygens (including phenoxy) is 1. The second-order valence-electron chi connectivity index (χ2n) is 2.73. The molecule has 2 heterocycles. The summed E-state index contributed by atoms with van der Waals surface area (Å²) in [5.41, 5.74) is 0. The molecule has 2 heteroatoms. The molecule has 0 spiro atoms. The van der Waals surface area contributed by atoms with Crippen molar-refractivity contribution in [3.05, 3.63) is 0 Å². The summed E-state index contributed by atoms with van der Waals surface area (Å²) in [6, 6.07) is 0. The van der Waals surface area contributed by atoms with Crippen molar-refractivity contribution in [2.75, 3.05) is 26.4 Å². The lowest BCUT2D eigenvalue weighted by Gasteiger charge is -2.21. The molecule has 0 aromatic carbocycles. The van der Waals surface area contributed by atoms with Gasteiger partial charge in [0.15, 0.2) is 0 Å². The Morgan fingerprint density at radius 2 is 2.50 bits per heavy atom. The van der Waals surface area contributed by atoms with Crippen molar-refractivity contribution in [1.29, 1.82) is 0 Å². The van der Waals surface area contributed by atoms with E-state index < -0.39 is 0 Å². The van der Waals surface area contributed by atoms with Crippen LogP contribution in [-0.4, -0.2) is 31.3 Å². The lowest BCUT2D eigenvalue weighted by atomic mass is 10.1. The number of hydrogen-bond donors (Lipinski definition) is 0. The zero-order valence-corrected chi connectivity index (χ0v) is 4.97. The molecule has 0 amide bonds. The fourth-order valence-electron chi connectivity index (χ4n) is 1.51. The Kier molecular flexibility index (Phi) is 1.02. The smallest absolute Gasteiger partial charge is 0.0990 e. The molecule has 2 unspecified atom stereocenters. The van der Waals surface area contributed by atoms with Crippen LogP contribution < -0.4 is 0 Å². The van der Waals surface area contributed by atoms with Crippen LogP contribution in [0, 0.1) is 5.92 Å². The van der Waals surface area contributed by atoms with Gasteiger partial charge in [-0.2, -0.15) is 0 Å². The molecule has 0 aromatic rings. The van der Waals surface area contributed by atoms with Crippen LogP contribution in [0.25, 0.3) is 0 Å². The Bertz CT molecular complexity index is 80.5. The molecular weight excluding hydrogens is 102 g/mol. The van der Waals surface area contributed by atoms with Crippen LogP contribution >= 0.6 is 0 Å². The molecule has 2 atom stereocenters. The molecule has 0 aromatic heterocycles. The minimum Gasteiger partial charge on any atom is -0.366 e. The predicted octanol–water partition coefficient (Wildman–Crippen LogP) is 0.296. The van der Waals surface area contributed by atoms with Gasteiger partial charge in [0, 0.05) is 13.1 Å². The number of hydrogen-bond acceptors (Lipinski definition) is 2. The first kappa shape index (κ1) is 4.77. The monoisotopic (exact) mass is 113 g/mol. The molecule has 2 aliphatic rings. The predicted molar refractivity (Wildman–Crippen MR) is 30.5 cm³/mol. The van der Waals surface area contributed by atoms with Crippen molar-refractivity contribution in [2.24, 2.45) is 5.92 Å². The maximum atomic E-state index is 5.28. The lowest BCUT2D eigenvalue weighted by molar-refractivity contribution is -0.00603. The molecule has 0 saturated carbocycles. The van der Waals surface area contributed by atoms with Crippen LogP contribution in [-0.2, 0) is 4.74 Å². The van der Waals surface area contributed by atoms with Crippen molar-refractivity contribution in [3.63, 3.8) is 0 Å². The van der Waals surface area contributed by atoms with E-state index in [9.17, 15) is 0 Å². The largest absolute Gasteiger partial charge is 0.366 e. The van der Waals surface area contributed by atoms with Crippen LogP contribution in [0.4, 0.5) is 0 Å². The van der Waals surface area contributed by atoms with Crippen molar-refractivity contribution in [3.8, 4) is 0 Å². The summed E-state index contributed by atoms with van der Waals surface area (Å²) < 4.78 is 5.28.